The molecule has 0 saturated heterocycles. The van der Waals surface area contributed by atoms with Crippen molar-refractivity contribution in [2.45, 2.75) is 31.8 Å². The molecule has 1 aliphatic carbocycles. The smallest absolute Gasteiger partial charge is 0.322 e. The number of rotatable bonds is 4. The Labute approximate surface area is 115 Å². The van der Waals surface area contributed by atoms with E-state index in [0.717, 1.165) is 24.2 Å². The predicted molar refractivity (Wildman–Crippen MR) is 71.3 cm³/mol. The summed E-state index contributed by atoms with van der Waals surface area (Å²) in [6.45, 7) is 1.35. The van der Waals surface area contributed by atoms with Crippen LogP contribution in [0.3, 0.4) is 0 Å². The van der Waals surface area contributed by atoms with Gasteiger partial charge in [-0.15, -0.1) is 5.10 Å². The Morgan fingerprint density at radius 2 is 2.25 bits per heavy atom. The number of nitrogens with zero attached hydrogens (tertiary/aromatic N) is 3. The second-order valence-electron chi connectivity index (χ2n) is 5.31. The van der Waals surface area contributed by atoms with Crippen LogP contribution in [-0.4, -0.2) is 22.8 Å². The molecule has 5 nitrogen and oxygen atoms in total. The van der Waals surface area contributed by atoms with Crippen LogP contribution in [0.5, 0.6) is 0 Å². The number of fused-ring (bicyclic) bond motifs is 1. The van der Waals surface area contributed by atoms with Crippen molar-refractivity contribution in [3.63, 3.8) is 0 Å². The number of anilines is 2. The normalized spacial score (nSPS) is 17.6. The average molecular weight is 274 g/mol. The van der Waals surface area contributed by atoms with Gasteiger partial charge in [-0.1, -0.05) is 11.2 Å². The van der Waals surface area contributed by atoms with Crippen molar-refractivity contribution in [1.82, 2.24) is 15.5 Å². The standard InChI is InChI=1S/C14H15FN4O/c15-10-2-1-9-5-6-19(12(9)7-10)14-18-17-13(20-14)8-16-11-3-4-11/h1-2,7,11,16H,3-6,8H2. The lowest BCUT2D eigenvalue weighted by Gasteiger charge is -2.13. The molecule has 0 spiro atoms. The molecule has 4 rings (SSSR count). The van der Waals surface area contributed by atoms with Crippen LogP contribution in [0.4, 0.5) is 16.1 Å². The number of hydrogen-bond acceptors (Lipinski definition) is 5. The topological polar surface area (TPSA) is 54.2 Å². The molecular weight excluding hydrogens is 259 g/mol. The van der Waals surface area contributed by atoms with Crippen molar-refractivity contribution >= 4 is 11.7 Å². The van der Waals surface area contributed by atoms with E-state index in [1.54, 1.807) is 0 Å². The van der Waals surface area contributed by atoms with Crippen LogP contribution in [0, 0.1) is 5.82 Å². The molecule has 0 amide bonds. The van der Waals surface area contributed by atoms with Gasteiger partial charge in [-0.2, -0.15) is 0 Å². The van der Waals surface area contributed by atoms with Gasteiger partial charge in [-0.05, 0) is 37.0 Å². The van der Waals surface area contributed by atoms with Crippen LogP contribution in [0.15, 0.2) is 22.6 Å². The Morgan fingerprint density at radius 3 is 3.10 bits per heavy atom. The van der Waals surface area contributed by atoms with E-state index in [-0.39, 0.29) is 5.82 Å². The van der Waals surface area contributed by atoms with Crippen LogP contribution in [0.1, 0.15) is 24.3 Å². The molecule has 0 unspecified atom stereocenters. The maximum absolute atomic E-state index is 13.4. The number of nitrogens with one attached hydrogen (secondary N) is 1. The minimum atomic E-state index is -0.245. The first-order valence-corrected chi connectivity index (χ1v) is 6.91. The zero-order chi connectivity index (χ0) is 13.5. The highest BCUT2D eigenvalue weighted by molar-refractivity contribution is 5.64. The third kappa shape index (κ3) is 2.16. The summed E-state index contributed by atoms with van der Waals surface area (Å²) in [4.78, 5) is 1.88. The third-order valence-corrected chi connectivity index (χ3v) is 3.75. The molecule has 6 heteroatoms. The predicted octanol–water partition coefficient (Wildman–Crippen LogP) is 2.15. The number of hydrogen-bond donors (Lipinski definition) is 1. The van der Waals surface area contributed by atoms with E-state index < -0.39 is 0 Å². The highest BCUT2D eigenvalue weighted by Crippen LogP contribution is 2.34. The van der Waals surface area contributed by atoms with Gasteiger partial charge >= 0.3 is 6.01 Å². The second kappa shape index (κ2) is 4.56. The second-order valence-corrected chi connectivity index (χ2v) is 5.31. The summed E-state index contributed by atoms with van der Waals surface area (Å²) in [7, 11) is 0. The number of halogens is 1. The SMILES string of the molecule is Fc1ccc2c(c1)N(c1nnc(CNC3CC3)o1)CC2. The van der Waals surface area contributed by atoms with E-state index in [0.29, 0.717) is 24.5 Å². The monoisotopic (exact) mass is 274 g/mol. The molecule has 1 aromatic heterocycles. The van der Waals surface area contributed by atoms with Gasteiger partial charge in [0, 0.05) is 12.6 Å². The van der Waals surface area contributed by atoms with E-state index in [4.69, 9.17) is 4.42 Å². The number of benzene rings is 1. The van der Waals surface area contributed by atoms with Gasteiger partial charge in [0.05, 0.1) is 12.2 Å². The Balaban J connectivity index is 1.55. The van der Waals surface area contributed by atoms with Crippen molar-refractivity contribution in [1.29, 1.82) is 0 Å². The molecule has 2 heterocycles. The highest BCUT2D eigenvalue weighted by atomic mass is 19.1. The van der Waals surface area contributed by atoms with Gasteiger partial charge in [0.25, 0.3) is 0 Å². The van der Waals surface area contributed by atoms with E-state index in [1.165, 1.54) is 25.0 Å². The van der Waals surface area contributed by atoms with Crippen molar-refractivity contribution in [3.8, 4) is 0 Å². The first-order chi connectivity index (χ1) is 9.79. The molecule has 0 bridgehead atoms. The largest absolute Gasteiger partial charge is 0.406 e. The quantitative estimate of drug-likeness (QED) is 0.926. The van der Waals surface area contributed by atoms with Crippen LogP contribution in [0.25, 0.3) is 0 Å². The van der Waals surface area contributed by atoms with E-state index in [9.17, 15) is 4.39 Å². The third-order valence-electron chi connectivity index (χ3n) is 3.75. The van der Waals surface area contributed by atoms with E-state index in [2.05, 4.69) is 15.5 Å². The lowest BCUT2D eigenvalue weighted by molar-refractivity contribution is 0.469. The summed E-state index contributed by atoms with van der Waals surface area (Å²) in [6.07, 6.45) is 3.31. The van der Waals surface area contributed by atoms with Crippen LogP contribution < -0.4 is 10.2 Å². The molecule has 1 aromatic carbocycles. The van der Waals surface area contributed by atoms with Gasteiger partial charge in [0.1, 0.15) is 5.82 Å². The molecule has 1 saturated carbocycles. The van der Waals surface area contributed by atoms with Crippen molar-refractivity contribution < 1.29 is 8.81 Å². The molecule has 1 fully saturated rings. The molecule has 20 heavy (non-hydrogen) atoms. The Morgan fingerprint density at radius 1 is 1.35 bits per heavy atom. The first kappa shape index (κ1) is 11.8. The van der Waals surface area contributed by atoms with Crippen LogP contribution >= 0.6 is 0 Å². The lowest BCUT2D eigenvalue weighted by atomic mass is 10.2. The molecular formula is C14H15FN4O. The summed E-state index contributed by atoms with van der Waals surface area (Å²) in [6, 6.07) is 5.88. The molecule has 2 aliphatic rings. The summed E-state index contributed by atoms with van der Waals surface area (Å²) in [5.41, 5.74) is 1.94. The van der Waals surface area contributed by atoms with E-state index in [1.807, 2.05) is 11.0 Å². The summed E-state index contributed by atoms with van der Waals surface area (Å²) < 4.78 is 19.0. The molecule has 0 radical (unpaired) electrons. The molecule has 2 aromatic rings. The Hall–Kier alpha value is -1.95. The fourth-order valence-corrected chi connectivity index (χ4v) is 2.50. The van der Waals surface area contributed by atoms with Gasteiger partial charge in [-0.3, -0.25) is 4.90 Å². The average Bonchev–Trinajstić information content (AvgIpc) is 3.00. The fraction of sp³-hybridized carbons (Fsp3) is 0.429. The Kier molecular flexibility index (Phi) is 2.70. The van der Waals surface area contributed by atoms with Crippen molar-refractivity contribution in [2.75, 3.05) is 11.4 Å². The first-order valence-electron chi connectivity index (χ1n) is 6.91. The molecule has 0 atom stereocenters. The summed E-state index contributed by atoms with van der Waals surface area (Å²) >= 11 is 0. The summed E-state index contributed by atoms with van der Waals surface area (Å²) in [5.74, 6) is 0.336. The number of aromatic nitrogens is 2. The minimum absolute atomic E-state index is 0.245. The highest BCUT2D eigenvalue weighted by Gasteiger charge is 2.26. The molecule has 104 valence electrons. The van der Waals surface area contributed by atoms with Crippen LogP contribution in [-0.2, 0) is 13.0 Å². The molecule has 1 aliphatic heterocycles. The van der Waals surface area contributed by atoms with E-state index >= 15 is 0 Å². The maximum Gasteiger partial charge on any atom is 0.322 e. The Bertz CT molecular complexity index is 638. The zero-order valence-corrected chi connectivity index (χ0v) is 11.0. The van der Waals surface area contributed by atoms with Gasteiger partial charge in [0.2, 0.25) is 5.89 Å². The zero-order valence-electron chi connectivity index (χ0n) is 11.0. The molecule has 1 N–H and O–H groups in total. The van der Waals surface area contributed by atoms with Crippen molar-refractivity contribution in [3.05, 3.63) is 35.5 Å². The summed E-state index contributed by atoms with van der Waals surface area (Å²) in [5, 5.41) is 11.4. The fourth-order valence-electron chi connectivity index (χ4n) is 2.50. The van der Waals surface area contributed by atoms with Crippen LogP contribution in [0.2, 0.25) is 0 Å². The minimum Gasteiger partial charge on any atom is -0.406 e. The van der Waals surface area contributed by atoms with Crippen molar-refractivity contribution in [2.24, 2.45) is 0 Å². The van der Waals surface area contributed by atoms with Gasteiger partial charge in [0.15, 0.2) is 0 Å². The lowest BCUT2D eigenvalue weighted by Crippen LogP contribution is -2.15. The maximum atomic E-state index is 13.4. The van der Waals surface area contributed by atoms with Gasteiger partial charge in [-0.25, -0.2) is 4.39 Å². The van der Waals surface area contributed by atoms with Gasteiger partial charge < -0.3 is 9.73 Å².